The molecule has 0 aliphatic heterocycles. The molecule has 1 aromatic heterocycles. The topological polar surface area (TPSA) is 17.8 Å². The summed E-state index contributed by atoms with van der Waals surface area (Å²) < 4.78 is 1.99. The van der Waals surface area contributed by atoms with E-state index in [0.717, 1.165) is 30.5 Å². The van der Waals surface area contributed by atoms with E-state index in [1.807, 2.05) is 29.9 Å². The predicted molar refractivity (Wildman–Crippen MR) is 70.2 cm³/mol. The van der Waals surface area contributed by atoms with Gasteiger partial charge in [0.25, 0.3) is 0 Å². The summed E-state index contributed by atoms with van der Waals surface area (Å²) in [5.74, 6) is 0. The Balaban J connectivity index is 2.18. The highest BCUT2D eigenvalue weighted by Crippen LogP contribution is 2.40. The second kappa shape index (κ2) is 4.19. The van der Waals surface area contributed by atoms with Crippen molar-refractivity contribution in [3.63, 3.8) is 0 Å². The lowest BCUT2D eigenvalue weighted by molar-refractivity contribution is 0.616. The van der Waals surface area contributed by atoms with Gasteiger partial charge in [-0.3, -0.25) is 4.68 Å². The number of fused-ring (bicyclic) bond motifs is 1. The van der Waals surface area contributed by atoms with Crippen molar-refractivity contribution in [1.82, 2.24) is 9.78 Å². The number of hydrogen-bond donors (Lipinski definition) is 0. The molecule has 17 heavy (non-hydrogen) atoms. The maximum atomic E-state index is 6.46. The summed E-state index contributed by atoms with van der Waals surface area (Å²) in [6.45, 7) is 0. The van der Waals surface area contributed by atoms with E-state index < -0.39 is 0 Å². The van der Waals surface area contributed by atoms with Crippen LogP contribution < -0.4 is 0 Å². The van der Waals surface area contributed by atoms with Crippen LogP contribution in [0.15, 0.2) is 30.3 Å². The number of benzene rings is 1. The fraction of sp³-hybridized carbons (Fsp3) is 0.357. The van der Waals surface area contributed by atoms with Gasteiger partial charge in [-0.15, -0.1) is 11.6 Å². The van der Waals surface area contributed by atoms with E-state index in [1.54, 1.807) is 0 Å². The third-order valence-corrected chi connectivity index (χ3v) is 3.87. The molecule has 2 aromatic rings. The maximum absolute atomic E-state index is 6.46. The average molecular weight is 247 g/mol. The van der Waals surface area contributed by atoms with Gasteiger partial charge in [0.15, 0.2) is 0 Å². The predicted octanol–water partition coefficient (Wildman–Crippen LogP) is 3.70. The van der Waals surface area contributed by atoms with Gasteiger partial charge in [-0.1, -0.05) is 30.3 Å². The maximum Gasteiger partial charge on any atom is 0.0972 e. The molecular formula is C14H15ClN2. The number of alkyl halides is 1. The van der Waals surface area contributed by atoms with Crippen molar-refractivity contribution in [1.29, 1.82) is 0 Å². The molecule has 1 aliphatic carbocycles. The average Bonchev–Trinajstić information content (AvgIpc) is 2.70. The second-order valence-corrected chi connectivity index (χ2v) is 5.09. The molecule has 0 amide bonds. The first-order chi connectivity index (χ1) is 8.27. The summed E-state index contributed by atoms with van der Waals surface area (Å²) in [5.41, 5.74) is 4.77. The van der Waals surface area contributed by atoms with Gasteiger partial charge in [0.2, 0.25) is 0 Å². The molecular weight excluding hydrogens is 232 g/mol. The van der Waals surface area contributed by atoms with E-state index in [1.165, 1.54) is 11.3 Å². The van der Waals surface area contributed by atoms with Gasteiger partial charge in [-0.05, 0) is 19.3 Å². The van der Waals surface area contributed by atoms with Crippen molar-refractivity contribution in [2.75, 3.05) is 0 Å². The Hall–Kier alpha value is -1.28. The Labute approximate surface area is 106 Å². The number of halogens is 1. The Morgan fingerprint density at radius 1 is 1.29 bits per heavy atom. The fourth-order valence-electron chi connectivity index (χ4n) is 2.60. The van der Waals surface area contributed by atoms with Gasteiger partial charge in [0.1, 0.15) is 0 Å². The molecule has 2 nitrogen and oxygen atoms in total. The number of rotatable bonds is 1. The van der Waals surface area contributed by atoms with E-state index in [2.05, 4.69) is 17.2 Å². The van der Waals surface area contributed by atoms with E-state index >= 15 is 0 Å². The van der Waals surface area contributed by atoms with Gasteiger partial charge < -0.3 is 0 Å². The number of nitrogens with zero attached hydrogens (tertiary/aromatic N) is 2. The van der Waals surface area contributed by atoms with Crippen molar-refractivity contribution in [3.05, 3.63) is 41.6 Å². The number of aromatic nitrogens is 2. The van der Waals surface area contributed by atoms with E-state index in [-0.39, 0.29) is 5.38 Å². The number of aryl methyl sites for hydroxylation is 1. The van der Waals surface area contributed by atoms with Crippen molar-refractivity contribution in [2.24, 2.45) is 7.05 Å². The molecule has 1 unspecified atom stereocenters. The highest BCUT2D eigenvalue weighted by Gasteiger charge is 2.26. The lowest BCUT2D eigenvalue weighted by Gasteiger charge is -2.18. The molecule has 3 rings (SSSR count). The van der Waals surface area contributed by atoms with Crippen LogP contribution in [0, 0.1) is 0 Å². The summed E-state index contributed by atoms with van der Waals surface area (Å²) in [6.07, 6.45) is 3.31. The van der Waals surface area contributed by atoms with E-state index in [0.29, 0.717) is 0 Å². The molecule has 0 saturated heterocycles. The van der Waals surface area contributed by atoms with Crippen molar-refractivity contribution >= 4 is 11.6 Å². The summed E-state index contributed by atoms with van der Waals surface area (Å²) in [7, 11) is 2.01. The number of hydrogen-bond acceptors (Lipinski definition) is 1. The van der Waals surface area contributed by atoms with Crippen LogP contribution in [-0.4, -0.2) is 9.78 Å². The van der Waals surface area contributed by atoms with Gasteiger partial charge in [-0.25, -0.2) is 0 Å². The van der Waals surface area contributed by atoms with Crippen molar-refractivity contribution in [3.8, 4) is 11.3 Å². The minimum absolute atomic E-state index is 0.114. The van der Waals surface area contributed by atoms with Gasteiger partial charge in [-0.2, -0.15) is 5.10 Å². The fourth-order valence-corrected chi connectivity index (χ4v) is 2.99. The zero-order valence-corrected chi connectivity index (χ0v) is 10.6. The van der Waals surface area contributed by atoms with Crippen LogP contribution >= 0.6 is 11.6 Å². The summed E-state index contributed by atoms with van der Waals surface area (Å²) in [4.78, 5) is 0. The zero-order chi connectivity index (χ0) is 11.8. The molecule has 1 atom stereocenters. The molecule has 1 heterocycles. The summed E-state index contributed by atoms with van der Waals surface area (Å²) in [6, 6.07) is 10.3. The summed E-state index contributed by atoms with van der Waals surface area (Å²) in [5, 5.41) is 4.76. The largest absolute Gasteiger partial charge is 0.272 e. The highest BCUT2D eigenvalue weighted by molar-refractivity contribution is 6.21. The molecule has 0 spiro atoms. The highest BCUT2D eigenvalue weighted by atomic mass is 35.5. The molecule has 1 aliphatic rings. The standard InChI is InChI=1S/C14H15ClN2/c1-17-12-9-5-8-11(15)13(12)14(16-17)10-6-3-2-4-7-10/h2-4,6-7,11H,5,8-9H2,1H3. The van der Waals surface area contributed by atoms with Gasteiger partial charge in [0.05, 0.1) is 11.1 Å². The van der Waals surface area contributed by atoms with Crippen LogP contribution in [0.4, 0.5) is 0 Å². The van der Waals surface area contributed by atoms with Crippen LogP contribution in [0.1, 0.15) is 29.5 Å². The third kappa shape index (κ3) is 1.77. The van der Waals surface area contributed by atoms with Crippen LogP contribution in [0.5, 0.6) is 0 Å². The first-order valence-corrected chi connectivity index (χ1v) is 6.46. The first-order valence-electron chi connectivity index (χ1n) is 6.02. The normalized spacial score (nSPS) is 19.1. The molecule has 0 radical (unpaired) electrons. The second-order valence-electron chi connectivity index (χ2n) is 4.56. The SMILES string of the molecule is Cn1nc(-c2ccccc2)c2c1CCCC2Cl. The minimum atomic E-state index is 0.114. The van der Waals surface area contributed by atoms with Gasteiger partial charge in [0, 0.05) is 23.9 Å². The van der Waals surface area contributed by atoms with Crippen LogP contribution in [0.2, 0.25) is 0 Å². The van der Waals surface area contributed by atoms with E-state index in [4.69, 9.17) is 11.6 Å². The quantitative estimate of drug-likeness (QED) is 0.702. The Morgan fingerprint density at radius 2 is 2.06 bits per heavy atom. The van der Waals surface area contributed by atoms with Crippen LogP contribution in [-0.2, 0) is 13.5 Å². The first kappa shape index (κ1) is 10.8. The third-order valence-electron chi connectivity index (χ3n) is 3.44. The Bertz CT molecular complexity index is 531. The molecule has 88 valence electrons. The van der Waals surface area contributed by atoms with Crippen molar-refractivity contribution in [2.45, 2.75) is 24.6 Å². The molecule has 0 fully saturated rings. The van der Waals surface area contributed by atoms with Crippen molar-refractivity contribution < 1.29 is 0 Å². The lowest BCUT2D eigenvalue weighted by atomic mass is 9.93. The molecule has 0 bridgehead atoms. The zero-order valence-electron chi connectivity index (χ0n) is 9.86. The lowest BCUT2D eigenvalue weighted by Crippen LogP contribution is -2.07. The minimum Gasteiger partial charge on any atom is -0.272 e. The summed E-state index contributed by atoms with van der Waals surface area (Å²) >= 11 is 6.46. The van der Waals surface area contributed by atoms with E-state index in [9.17, 15) is 0 Å². The van der Waals surface area contributed by atoms with Gasteiger partial charge >= 0.3 is 0 Å². The molecule has 0 N–H and O–H groups in total. The van der Waals surface area contributed by atoms with Crippen LogP contribution in [0.3, 0.4) is 0 Å². The Morgan fingerprint density at radius 3 is 2.82 bits per heavy atom. The molecule has 1 aromatic carbocycles. The smallest absolute Gasteiger partial charge is 0.0972 e. The van der Waals surface area contributed by atoms with Crippen LogP contribution in [0.25, 0.3) is 11.3 Å². The monoisotopic (exact) mass is 246 g/mol. The molecule has 0 saturated carbocycles. The Kier molecular flexibility index (Phi) is 2.67. The molecule has 3 heteroatoms.